The van der Waals surface area contributed by atoms with E-state index in [0.717, 1.165) is 18.5 Å². The van der Waals surface area contributed by atoms with E-state index in [4.69, 9.17) is 23.4 Å². The Morgan fingerprint density at radius 1 is 1.25 bits per heavy atom. The average Bonchev–Trinajstić information content (AvgIpc) is 2.29. The van der Waals surface area contributed by atoms with Crippen molar-refractivity contribution in [2.75, 3.05) is 4.42 Å². The largest absolute Gasteiger partial charge is 0.277 e. The smallest absolute Gasteiger partial charge is 0.0716 e. The fourth-order valence-electron chi connectivity index (χ4n) is 2.13. The molecule has 1 aliphatic rings. The van der Waals surface area contributed by atoms with E-state index in [1.807, 2.05) is 24.3 Å². The maximum Gasteiger partial charge on any atom is 0.0716 e. The average molecular weight is 256 g/mol. The summed E-state index contributed by atoms with van der Waals surface area (Å²) in [6.45, 7) is 4.10. The molecule has 16 heavy (non-hydrogen) atoms. The lowest BCUT2D eigenvalue weighted by molar-refractivity contribution is 0.540. The molecule has 3 heteroatoms. The number of halogens is 2. The Morgan fingerprint density at radius 2 is 2.00 bits per heavy atom. The maximum atomic E-state index is 6.37. The van der Waals surface area contributed by atoms with Crippen LogP contribution in [0.2, 0.25) is 5.02 Å². The summed E-state index contributed by atoms with van der Waals surface area (Å²) in [6, 6.07) is 7.87. The van der Waals surface area contributed by atoms with Crippen LogP contribution in [0.15, 0.2) is 36.4 Å². The van der Waals surface area contributed by atoms with Crippen molar-refractivity contribution in [3.05, 3.63) is 41.4 Å². The van der Waals surface area contributed by atoms with E-state index >= 15 is 0 Å². The summed E-state index contributed by atoms with van der Waals surface area (Å²) in [7, 11) is 0. The van der Waals surface area contributed by atoms with Gasteiger partial charge in [0, 0.05) is 11.8 Å². The summed E-state index contributed by atoms with van der Waals surface area (Å²) in [5.41, 5.74) is 2.08. The molecule has 0 aromatic heterocycles. The predicted molar refractivity (Wildman–Crippen MR) is 71.2 cm³/mol. The number of rotatable bonds is 2. The van der Waals surface area contributed by atoms with Crippen LogP contribution in [0.1, 0.15) is 25.7 Å². The highest BCUT2D eigenvalue weighted by atomic mass is 35.5. The number of para-hydroxylation sites is 1. The molecule has 1 aromatic rings. The molecule has 1 fully saturated rings. The molecule has 1 saturated carbocycles. The third-order valence-electron chi connectivity index (χ3n) is 3.05. The molecule has 1 aliphatic carbocycles. The van der Waals surface area contributed by atoms with Gasteiger partial charge in [-0.3, -0.25) is 4.42 Å². The zero-order valence-corrected chi connectivity index (χ0v) is 10.6. The molecule has 0 heterocycles. The zero-order valence-electron chi connectivity index (χ0n) is 9.13. The molecule has 0 aliphatic heterocycles. The number of nitrogens with zero attached hydrogens (tertiary/aromatic N) is 1. The van der Waals surface area contributed by atoms with Gasteiger partial charge in [-0.25, -0.2) is 0 Å². The Bertz CT molecular complexity index is 389. The van der Waals surface area contributed by atoms with Crippen molar-refractivity contribution in [1.29, 1.82) is 0 Å². The summed E-state index contributed by atoms with van der Waals surface area (Å²) < 4.78 is 1.74. The fourth-order valence-corrected chi connectivity index (χ4v) is 2.78. The van der Waals surface area contributed by atoms with Gasteiger partial charge in [0.05, 0.1) is 16.8 Å². The Balaban J connectivity index is 2.21. The highest BCUT2D eigenvalue weighted by molar-refractivity contribution is 6.36. The molecule has 0 N–H and O–H groups in total. The summed E-state index contributed by atoms with van der Waals surface area (Å²) in [4.78, 5) is 0. The van der Waals surface area contributed by atoms with Gasteiger partial charge in [0.15, 0.2) is 0 Å². The van der Waals surface area contributed by atoms with Crippen LogP contribution in [0.5, 0.6) is 0 Å². The Morgan fingerprint density at radius 3 is 2.69 bits per heavy atom. The monoisotopic (exact) mass is 255 g/mol. The van der Waals surface area contributed by atoms with Gasteiger partial charge in [-0.15, -0.1) is 0 Å². The molecule has 0 radical (unpaired) electrons. The summed E-state index contributed by atoms with van der Waals surface area (Å²) in [5.74, 6) is 0. The second kappa shape index (κ2) is 5.11. The van der Waals surface area contributed by atoms with Crippen molar-refractivity contribution >= 4 is 29.1 Å². The molecule has 0 saturated heterocycles. The molecule has 2 rings (SSSR count). The first-order valence-corrected chi connectivity index (χ1v) is 6.29. The standard InChI is InChI=1S/C13H15Cl2N/c1-10-6-2-4-8-12(10)16(15)13-9-5-3-7-11(13)14/h3,5,7,9,12H,1-2,4,6,8H2. The van der Waals surface area contributed by atoms with E-state index in [1.54, 1.807) is 4.42 Å². The van der Waals surface area contributed by atoms with Crippen LogP contribution in [0.25, 0.3) is 0 Å². The fraction of sp³-hybridized carbons (Fsp3) is 0.385. The molecule has 0 amide bonds. The third kappa shape index (κ3) is 2.36. The molecule has 0 spiro atoms. The van der Waals surface area contributed by atoms with E-state index in [9.17, 15) is 0 Å². The van der Waals surface area contributed by atoms with Crippen LogP contribution in [-0.2, 0) is 0 Å². The van der Waals surface area contributed by atoms with E-state index in [-0.39, 0.29) is 6.04 Å². The van der Waals surface area contributed by atoms with Gasteiger partial charge >= 0.3 is 0 Å². The van der Waals surface area contributed by atoms with Gasteiger partial charge in [0.1, 0.15) is 0 Å². The lowest BCUT2D eigenvalue weighted by Gasteiger charge is -2.32. The molecular formula is C13H15Cl2N. The minimum atomic E-state index is 0.218. The van der Waals surface area contributed by atoms with E-state index in [2.05, 4.69) is 6.58 Å². The molecule has 86 valence electrons. The first kappa shape index (κ1) is 11.8. The molecule has 1 aromatic carbocycles. The van der Waals surface area contributed by atoms with E-state index in [0.29, 0.717) is 5.02 Å². The van der Waals surface area contributed by atoms with Crippen molar-refractivity contribution < 1.29 is 0 Å². The zero-order chi connectivity index (χ0) is 11.5. The van der Waals surface area contributed by atoms with Gasteiger partial charge in [-0.05, 0) is 31.4 Å². The van der Waals surface area contributed by atoms with Crippen molar-refractivity contribution in [3.63, 3.8) is 0 Å². The van der Waals surface area contributed by atoms with Gasteiger partial charge in [-0.2, -0.15) is 0 Å². The first-order valence-electron chi connectivity index (χ1n) is 5.57. The van der Waals surface area contributed by atoms with Crippen LogP contribution in [-0.4, -0.2) is 6.04 Å². The molecule has 1 atom stereocenters. The highest BCUT2D eigenvalue weighted by Gasteiger charge is 2.24. The lowest BCUT2D eigenvalue weighted by atomic mass is 9.91. The highest BCUT2D eigenvalue weighted by Crippen LogP contribution is 2.35. The van der Waals surface area contributed by atoms with Crippen LogP contribution < -0.4 is 4.42 Å². The minimum Gasteiger partial charge on any atom is -0.277 e. The summed E-state index contributed by atoms with van der Waals surface area (Å²) in [6.07, 6.45) is 4.56. The Hall–Kier alpha value is -0.660. The maximum absolute atomic E-state index is 6.37. The second-order valence-electron chi connectivity index (χ2n) is 4.18. The molecule has 1 unspecified atom stereocenters. The van der Waals surface area contributed by atoms with Crippen LogP contribution in [0.4, 0.5) is 5.69 Å². The number of hydrogen-bond donors (Lipinski definition) is 0. The number of anilines is 1. The first-order chi connectivity index (χ1) is 7.70. The SMILES string of the molecule is C=C1CCCCC1N(Cl)c1ccccc1Cl. The predicted octanol–water partition coefficient (Wildman–Crippen LogP) is 4.80. The van der Waals surface area contributed by atoms with Crippen molar-refractivity contribution in [3.8, 4) is 0 Å². The van der Waals surface area contributed by atoms with Crippen LogP contribution in [0.3, 0.4) is 0 Å². The Labute approximate surface area is 107 Å². The molecule has 1 nitrogen and oxygen atoms in total. The van der Waals surface area contributed by atoms with Gasteiger partial charge < -0.3 is 0 Å². The van der Waals surface area contributed by atoms with Crippen molar-refractivity contribution in [2.24, 2.45) is 0 Å². The Kier molecular flexibility index (Phi) is 3.78. The number of hydrogen-bond acceptors (Lipinski definition) is 1. The van der Waals surface area contributed by atoms with Crippen LogP contribution >= 0.6 is 23.4 Å². The molecular weight excluding hydrogens is 241 g/mol. The quantitative estimate of drug-likeness (QED) is 0.542. The third-order valence-corrected chi connectivity index (χ3v) is 3.79. The minimum absolute atomic E-state index is 0.218. The summed E-state index contributed by atoms with van der Waals surface area (Å²) in [5, 5.41) is 0.691. The second-order valence-corrected chi connectivity index (χ2v) is 4.95. The number of benzene rings is 1. The normalized spacial score (nSPS) is 20.9. The summed E-state index contributed by atoms with van der Waals surface area (Å²) >= 11 is 12.5. The van der Waals surface area contributed by atoms with Gasteiger partial charge in [-0.1, -0.05) is 42.3 Å². The topological polar surface area (TPSA) is 3.24 Å². The van der Waals surface area contributed by atoms with Gasteiger partial charge in [0.25, 0.3) is 0 Å². The lowest BCUT2D eigenvalue weighted by Crippen LogP contribution is -2.31. The van der Waals surface area contributed by atoms with Crippen molar-refractivity contribution in [2.45, 2.75) is 31.7 Å². The van der Waals surface area contributed by atoms with Crippen LogP contribution in [0, 0.1) is 0 Å². The molecule has 0 bridgehead atoms. The van der Waals surface area contributed by atoms with Gasteiger partial charge in [0.2, 0.25) is 0 Å². The van der Waals surface area contributed by atoms with Crippen molar-refractivity contribution in [1.82, 2.24) is 0 Å². The van der Waals surface area contributed by atoms with E-state index in [1.165, 1.54) is 18.4 Å². The van der Waals surface area contributed by atoms with E-state index < -0.39 is 0 Å².